The van der Waals surface area contributed by atoms with Gasteiger partial charge in [-0.3, -0.25) is 0 Å². The lowest BCUT2D eigenvalue weighted by Gasteiger charge is -1.97. The molecule has 0 saturated heterocycles. The minimum atomic E-state index is 0.644. The van der Waals surface area contributed by atoms with Gasteiger partial charge in [-0.2, -0.15) is 0 Å². The van der Waals surface area contributed by atoms with Gasteiger partial charge in [-0.05, 0) is 25.8 Å². The Labute approximate surface area is 93.7 Å². The van der Waals surface area contributed by atoms with Gasteiger partial charge in [-0.1, -0.05) is 24.8 Å². The van der Waals surface area contributed by atoms with Gasteiger partial charge in [0.1, 0.15) is 5.35 Å². The Morgan fingerprint density at radius 3 is 2.94 bits per heavy atom. The highest BCUT2D eigenvalue weighted by molar-refractivity contribution is 5.46. The van der Waals surface area contributed by atoms with E-state index in [4.69, 9.17) is 0 Å². The number of allylic oxidation sites excluding steroid dienone is 2. The van der Waals surface area contributed by atoms with Crippen LogP contribution < -0.4 is 15.1 Å². The summed E-state index contributed by atoms with van der Waals surface area (Å²) < 4.78 is 0.983. The van der Waals surface area contributed by atoms with Gasteiger partial charge in [0, 0.05) is 11.0 Å². The summed E-state index contributed by atoms with van der Waals surface area (Å²) in [5.74, 6) is 0. The summed E-state index contributed by atoms with van der Waals surface area (Å²) in [6, 6.07) is 0. The van der Waals surface area contributed by atoms with E-state index in [1.165, 1.54) is 0 Å². The molecule has 0 unspecified atom stereocenters. The molecule has 0 fully saturated rings. The Hall–Kier alpha value is -1.90. The number of hydrogen-bond acceptors (Lipinski definition) is 1. The van der Waals surface area contributed by atoms with E-state index in [9.17, 15) is 4.91 Å². The lowest BCUT2D eigenvalue weighted by molar-refractivity contribution is -0.514. The average Bonchev–Trinajstić information content (AvgIpc) is 2.29. The second-order valence-corrected chi connectivity index (χ2v) is 3.81. The third-order valence-corrected chi connectivity index (χ3v) is 2.66. The molecule has 3 nitrogen and oxygen atoms in total. The third-order valence-electron chi connectivity index (χ3n) is 2.66. The van der Waals surface area contributed by atoms with Crippen LogP contribution in [0.1, 0.15) is 24.2 Å². The van der Waals surface area contributed by atoms with E-state index >= 15 is 0 Å². The van der Waals surface area contributed by atoms with Crippen LogP contribution >= 0.6 is 0 Å². The minimum Gasteiger partial charge on any atom is -0.348 e. The highest BCUT2D eigenvalue weighted by atomic mass is 16.3. The second kappa shape index (κ2) is 4.31. The highest BCUT2D eigenvalue weighted by Crippen LogP contribution is 1.98. The summed E-state index contributed by atoms with van der Waals surface area (Å²) in [7, 11) is 0. The normalized spacial score (nSPS) is 14.1. The summed E-state index contributed by atoms with van der Waals surface area (Å²) >= 11 is 0. The molecule has 16 heavy (non-hydrogen) atoms. The van der Waals surface area contributed by atoms with Gasteiger partial charge in [-0.15, -0.1) is 0 Å². The van der Waals surface area contributed by atoms with E-state index in [2.05, 4.69) is 17.6 Å². The van der Waals surface area contributed by atoms with E-state index < -0.39 is 0 Å². The first-order chi connectivity index (χ1) is 7.74. The molecule has 0 spiro atoms. The average molecular weight is 215 g/mol. The predicted molar refractivity (Wildman–Crippen MR) is 65.5 cm³/mol. The number of H-pyrrole nitrogens is 1. The fourth-order valence-electron chi connectivity index (χ4n) is 1.87. The van der Waals surface area contributed by atoms with Gasteiger partial charge in [0.25, 0.3) is 11.0 Å². The quantitative estimate of drug-likeness (QED) is 0.575. The molecule has 0 bridgehead atoms. The SMILES string of the molecule is C=C/C=C\c1c(C)[nH]c2c([n+]1=O)=CCCC=2. The molecule has 0 aromatic carbocycles. The third kappa shape index (κ3) is 1.76. The number of aryl methyl sites for hydroxylation is 1. The van der Waals surface area contributed by atoms with Crippen molar-refractivity contribution in [2.45, 2.75) is 19.8 Å². The van der Waals surface area contributed by atoms with Crippen molar-refractivity contribution < 1.29 is 4.43 Å². The highest BCUT2D eigenvalue weighted by Gasteiger charge is 2.14. The maximum Gasteiger partial charge on any atom is 0.282 e. The van der Waals surface area contributed by atoms with Gasteiger partial charge in [0.15, 0.2) is 0 Å². The fourth-order valence-corrected chi connectivity index (χ4v) is 1.87. The standard InChI is InChI=1S/C13H15N2O/c1-3-4-8-12-10(2)14-11-7-5-6-9-13(11)15(12)16/h3-4,7-9,14H,1,5-6H2,2H3/q+1/b8-4-. The summed E-state index contributed by atoms with van der Waals surface area (Å²) in [5, 5.41) is 1.65. The lowest BCUT2D eigenvalue weighted by atomic mass is 10.2. The largest absolute Gasteiger partial charge is 0.348 e. The van der Waals surface area contributed by atoms with Crippen molar-refractivity contribution in [3.05, 3.63) is 45.7 Å². The first-order valence-electron chi connectivity index (χ1n) is 5.39. The molecule has 1 aromatic rings. The van der Waals surface area contributed by atoms with Gasteiger partial charge in [0.05, 0.1) is 10.1 Å². The number of aromatic amines is 1. The Bertz CT molecular complexity index is 621. The molecule has 82 valence electrons. The first kappa shape index (κ1) is 10.6. The smallest absolute Gasteiger partial charge is 0.282 e. The van der Waals surface area contributed by atoms with Crippen LogP contribution in [0.15, 0.2) is 18.7 Å². The lowest BCUT2D eigenvalue weighted by Crippen LogP contribution is -2.51. The molecule has 0 saturated carbocycles. The van der Waals surface area contributed by atoms with Crippen LogP contribution in [0.5, 0.6) is 0 Å². The molecule has 1 aliphatic rings. The van der Waals surface area contributed by atoms with Crippen molar-refractivity contribution in [2.75, 3.05) is 0 Å². The zero-order valence-electron chi connectivity index (χ0n) is 9.36. The summed E-state index contributed by atoms with van der Waals surface area (Å²) in [5.41, 5.74) is 1.52. The van der Waals surface area contributed by atoms with Gasteiger partial charge >= 0.3 is 0 Å². The molecule has 2 rings (SSSR count). The monoisotopic (exact) mass is 215 g/mol. The Morgan fingerprint density at radius 2 is 2.19 bits per heavy atom. The molecule has 0 radical (unpaired) electrons. The summed E-state index contributed by atoms with van der Waals surface area (Å²) in [4.78, 5) is 15.4. The van der Waals surface area contributed by atoms with Crippen molar-refractivity contribution in [1.29, 1.82) is 0 Å². The van der Waals surface area contributed by atoms with E-state index in [1.807, 2.05) is 13.0 Å². The summed E-state index contributed by atoms with van der Waals surface area (Å²) in [6.07, 6.45) is 11.2. The molecule has 0 atom stereocenters. The van der Waals surface area contributed by atoms with Crippen LogP contribution in [0, 0.1) is 11.8 Å². The van der Waals surface area contributed by atoms with Crippen LogP contribution in [-0.2, 0) is 0 Å². The number of nitrogens with one attached hydrogen (secondary N) is 1. The van der Waals surface area contributed by atoms with E-state index in [0.29, 0.717) is 5.69 Å². The van der Waals surface area contributed by atoms with Crippen molar-refractivity contribution >= 4 is 18.2 Å². The van der Waals surface area contributed by atoms with Crippen molar-refractivity contribution in [3.63, 3.8) is 0 Å². The molecule has 1 aromatic heterocycles. The van der Waals surface area contributed by atoms with Crippen molar-refractivity contribution in [1.82, 2.24) is 4.98 Å². The first-order valence-corrected chi connectivity index (χ1v) is 5.39. The molecule has 3 heteroatoms. The Kier molecular flexibility index (Phi) is 2.86. The maximum absolute atomic E-state index is 12.1. The minimum absolute atomic E-state index is 0.644. The molecule has 1 aliphatic carbocycles. The van der Waals surface area contributed by atoms with Crippen LogP contribution in [0.2, 0.25) is 0 Å². The van der Waals surface area contributed by atoms with Crippen LogP contribution in [0.3, 0.4) is 0 Å². The zero-order chi connectivity index (χ0) is 11.5. The molecule has 1 heterocycles. The zero-order valence-corrected chi connectivity index (χ0v) is 9.36. The molecular formula is C13H15N2O+. The number of aromatic nitrogens is 2. The predicted octanol–water partition coefficient (Wildman–Crippen LogP) is 0.792. The van der Waals surface area contributed by atoms with Crippen LogP contribution in [0.25, 0.3) is 18.2 Å². The van der Waals surface area contributed by atoms with E-state index in [1.54, 1.807) is 18.2 Å². The number of nitrogens with zero attached hydrogens (tertiary/aromatic N) is 1. The van der Waals surface area contributed by atoms with Crippen molar-refractivity contribution in [2.24, 2.45) is 0 Å². The molecule has 0 aliphatic heterocycles. The Morgan fingerprint density at radius 1 is 1.44 bits per heavy atom. The fraction of sp³-hybridized carbons (Fsp3) is 0.231. The maximum atomic E-state index is 12.1. The summed E-state index contributed by atoms with van der Waals surface area (Å²) in [6.45, 7) is 5.50. The van der Waals surface area contributed by atoms with Crippen LogP contribution in [0.4, 0.5) is 0 Å². The number of fused-ring (bicyclic) bond motifs is 1. The van der Waals surface area contributed by atoms with E-state index in [0.717, 1.165) is 33.7 Å². The molecular weight excluding hydrogens is 200 g/mol. The number of rotatable bonds is 2. The van der Waals surface area contributed by atoms with Gasteiger partial charge < -0.3 is 4.98 Å². The van der Waals surface area contributed by atoms with E-state index in [-0.39, 0.29) is 0 Å². The molecule has 1 N–H and O–H groups in total. The van der Waals surface area contributed by atoms with Crippen LogP contribution in [-0.4, -0.2) is 4.98 Å². The topological polar surface area (TPSA) is 38.8 Å². The second-order valence-electron chi connectivity index (χ2n) is 3.81. The van der Waals surface area contributed by atoms with Gasteiger partial charge in [-0.25, -0.2) is 0 Å². The molecule has 0 amide bonds. The number of hydrogen-bond donors (Lipinski definition) is 1. The van der Waals surface area contributed by atoms with Crippen molar-refractivity contribution in [3.8, 4) is 0 Å². The Balaban J connectivity index is 2.80. The van der Waals surface area contributed by atoms with Gasteiger partial charge in [0.2, 0.25) is 0 Å².